The highest BCUT2D eigenvalue weighted by atomic mass is 32.2. The Kier molecular flexibility index (Phi) is 4.82. The average molecular weight is 339 g/mol. The van der Waals surface area contributed by atoms with Crippen LogP contribution in [0.25, 0.3) is 0 Å². The molecule has 1 aliphatic rings. The maximum absolute atomic E-state index is 11.9. The molecular weight excluding hydrogens is 322 g/mol. The van der Waals surface area contributed by atoms with Crippen molar-refractivity contribution >= 4 is 23.5 Å². The van der Waals surface area contributed by atoms with Crippen molar-refractivity contribution < 1.29 is 14.1 Å². The molecule has 124 valence electrons. The Morgan fingerprint density at radius 2 is 2.48 bits per heavy atom. The minimum atomic E-state index is -0.296. The summed E-state index contributed by atoms with van der Waals surface area (Å²) in [5.41, 5.74) is -0.296. The first-order chi connectivity index (χ1) is 11.1. The fourth-order valence-electron chi connectivity index (χ4n) is 2.30. The molecule has 0 saturated carbocycles. The molecule has 3 heterocycles. The number of thioether (sulfide) groups is 1. The number of H-pyrrole nitrogens is 1. The van der Waals surface area contributed by atoms with E-state index in [2.05, 4.69) is 20.7 Å². The summed E-state index contributed by atoms with van der Waals surface area (Å²) in [6.45, 7) is 2.91. The Morgan fingerprint density at radius 3 is 3.17 bits per heavy atom. The van der Waals surface area contributed by atoms with Crippen LogP contribution >= 0.6 is 11.8 Å². The fraction of sp³-hybridized carbons (Fsp3) is 0.538. The zero-order chi connectivity index (χ0) is 16.2. The lowest BCUT2D eigenvalue weighted by atomic mass is 10.2. The molecule has 1 atom stereocenters. The maximum Gasteiger partial charge on any atom is 0.344 e. The molecule has 2 aromatic heterocycles. The molecule has 1 amide bonds. The van der Waals surface area contributed by atoms with Gasteiger partial charge in [0.05, 0.1) is 18.4 Å². The third-order valence-corrected chi connectivity index (χ3v) is 4.34. The van der Waals surface area contributed by atoms with Gasteiger partial charge in [-0.25, -0.2) is 9.89 Å². The quantitative estimate of drug-likeness (QED) is 0.747. The van der Waals surface area contributed by atoms with Gasteiger partial charge in [-0.1, -0.05) is 16.9 Å². The second-order valence-corrected chi connectivity index (χ2v) is 6.16. The Bertz CT molecular complexity index is 731. The SMILES string of the molecule is Cc1cc(NC(=O)CSc2n[nH]c(=O)n2C[C@@H]2CCCO2)no1. The summed E-state index contributed by atoms with van der Waals surface area (Å²) in [6, 6.07) is 1.63. The van der Waals surface area contributed by atoms with Crippen molar-refractivity contribution in [2.75, 3.05) is 17.7 Å². The van der Waals surface area contributed by atoms with E-state index in [4.69, 9.17) is 9.26 Å². The molecule has 0 unspecified atom stereocenters. The minimum Gasteiger partial charge on any atom is -0.376 e. The van der Waals surface area contributed by atoms with E-state index in [0.717, 1.165) is 19.4 Å². The maximum atomic E-state index is 11.9. The number of hydrogen-bond donors (Lipinski definition) is 2. The fourth-order valence-corrected chi connectivity index (χ4v) is 3.06. The Balaban J connectivity index is 1.57. The number of aryl methyl sites for hydroxylation is 1. The second-order valence-electron chi connectivity index (χ2n) is 5.22. The van der Waals surface area contributed by atoms with E-state index in [-0.39, 0.29) is 23.5 Å². The van der Waals surface area contributed by atoms with Crippen LogP contribution in [0.4, 0.5) is 5.82 Å². The van der Waals surface area contributed by atoms with Gasteiger partial charge in [0.15, 0.2) is 11.0 Å². The number of nitrogens with one attached hydrogen (secondary N) is 2. The van der Waals surface area contributed by atoms with E-state index in [1.807, 2.05) is 0 Å². The summed E-state index contributed by atoms with van der Waals surface area (Å²) in [5.74, 6) is 0.849. The molecule has 1 aliphatic heterocycles. The molecular formula is C13H17N5O4S. The van der Waals surface area contributed by atoms with Crippen molar-refractivity contribution in [3.63, 3.8) is 0 Å². The predicted molar refractivity (Wildman–Crippen MR) is 82.4 cm³/mol. The van der Waals surface area contributed by atoms with Gasteiger partial charge in [-0.05, 0) is 19.8 Å². The van der Waals surface area contributed by atoms with E-state index in [9.17, 15) is 9.59 Å². The lowest BCUT2D eigenvalue weighted by molar-refractivity contribution is -0.113. The Labute approximate surface area is 135 Å². The highest BCUT2D eigenvalue weighted by Crippen LogP contribution is 2.18. The molecule has 0 aromatic carbocycles. The van der Waals surface area contributed by atoms with Gasteiger partial charge in [0.1, 0.15) is 5.76 Å². The summed E-state index contributed by atoms with van der Waals surface area (Å²) < 4.78 is 11.9. The highest BCUT2D eigenvalue weighted by molar-refractivity contribution is 7.99. The number of rotatable bonds is 6. The van der Waals surface area contributed by atoms with Crippen LogP contribution in [-0.2, 0) is 16.1 Å². The van der Waals surface area contributed by atoms with Gasteiger partial charge >= 0.3 is 5.69 Å². The lowest BCUT2D eigenvalue weighted by Gasteiger charge is -2.10. The summed E-state index contributed by atoms with van der Waals surface area (Å²) in [5, 5.41) is 13.1. The zero-order valence-electron chi connectivity index (χ0n) is 12.6. The molecule has 3 rings (SSSR count). The lowest BCUT2D eigenvalue weighted by Crippen LogP contribution is -2.25. The number of hydrogen-bond acceptors (Lipinski definition) is 7. The van der Waals surface area contributed by atoms with Crippen LogP contribution in [0.1, 0.15) is 18.6 Å². The molecule has 0 bridgehead atoms. The number of amides is 1. The van der Waals surface area contributed by atoms with Crippen molar-refractivity contribution in [1.29, 1.82) is 0 Å². The van der Waals surface area contributed by atoms with Gasteiger partial charge < -0.3 is 14.6 Å². The van der Waals surface area contributed by atoms with Gasteiger partial charge in [-0.3, -0.25) is 9.36 Å². The predicted octanol–water partition coefficient (Wildman–Crippen LogP) is 0.778. The van der Waals surface area contributed by atoms with E-state index >= 15 is 0 Å². The Hall–Kier alpha value is -2.07. The van der Waals surface area contributed by atoms with Crippen LogP contribution < -0.4 is 11.0 Å². The van der Waals surface area contributed by atoms with Gasteiger partial charge in [0.25, 0.3) is 0 Å². The van der Waals surface area contributed by atoms with Crippen molar-refractivity contribution in [2.45, 2.75) is 37.6 Å². The summed E-state index contributed by atoms with van der Waals surface area (Å²) >= 11 is 1.18. The molecule has 2 N–H and O–H groups in total. The highest BCUT2D eigenvalue weighted by Gasteiger charge is 2.20. The Morgan fingerprint density at radius 1 is 1.61 bits per heavy atom. The zero-order valence-corrected chi connectivity index (χ0v) is 13.4. The van der Waals surface area contributed by atoms with Crippen LogP contribution in [-0.4, -0.2) is 44.3 Å². The molecule has 2 aromatic rings. The number of nitrogens with zero attached hydrogens (tertiary/aromatic N) is 3. The molecule has 0 spiro atoms. The average Bonchev–Trinajstić information content (AvgIpc) is 3.23. The third kappa shape index (κ3) is 4.02. The van der Waals surface area contributed by atoms with E-state index in [0.29, 0.717) is 23.3 Å². The third-order valence-electron chi connectivity index (χ3n) is 3.36. The van der Waals surface area contributed by atoms with E-state index in [1.165, 1.54) is 16.3 Å². The normalized spacial score (nSPS) is 17.5. The van der Waals surface area contributed by atoms with Crippen molar-refractivity contribution in [2.24, 2.45) is 0 Å². The standard InChI is InChI=1S/C13H17N5O4S/c1-8-5-10(17-22-8)14-11(19)7-23-13-16-15-12(20)18(13)6-9-3-2-4-21-9/h5,9H,2-4,6-7H2,1H3,(H,15,20)(H,14,17,19)/t9-/m0/s1. The second kappa shape index (κ2) is 7.01. The van der Waals surface area contributed by atoms with Crippen molar-refractivity contribution in [3.05, 3.63) is 22.3 Å². The smallest absolute Gasteiger partial charge is 0.344 e. The first-order valence-electron chi connectivity index (χ1n) is 7.24. The van der Waals surface area contributed by atoms with Gasteiger partial charge in [-0.2, -0.15) is 0 Å². The molecule has 1 fully saturated rings. The van der Waals surface area contributed by atoms with Crippen LogP contribution in [0.2, 0.25) is 0 Å². The van der Waals surface area contributed by atoms with E-state index in [1.54, 1.807) is 13.0 Å². The first-order valence-corrected chi connectivity index (χ1v) is 8.23. The monoisotopic (exact) mass is 339 g/mol. The minimum absolute atomic E-state index is 0.0246. The van der Waals surface area contributed by atoms with E-state index < -0.39 is 0 Å². The topological polar surface area (TPSA) is 115 Å². The van der Waals surface area contributed by atoms with Crippen LogP contribution in [0.3, 0.4) is 0 Å². The number of ether oxygens (including phenoxy) is 1. The first kappa shape index (κ1) is 15.8. The number of anilines is 1. The van der Waals surface area contributed by atoms with Crippen molar-refractivity contribution in [1.82, 2.24) is 19.9 Å². The molecule has 0 aliphatic carbocycles. The van der Waals surface area contributed by atoms with Crippen LogP contribution in [0.15, 0.2) is 20.5 Å². The number of carbonyl (C=O) groups is 1. The molecule has 10 heteroatoms. The van der Waals surface area contributed by atoms with Crippen molar-refractivity contribution in [3.8, 4) is 0 Å². The van der Waals surface area contributed by atoms with Gasteiger partial charge in [0, 0.05) is 12.7 Å². The number of aromatic amines is 1. The van der Waals surface area contributed by atoms with Gasteiger partial charge in [0.2, 0.25) is 5.91 Å². The molecule has 1 saturated heterocycles. The number of aromatic nitrogens is 4. The van der Waals surface area contributed by atoms with Gasteiger partial charge in [-0.15, -0.1) is 5.10 Å². The summed E-state index contributed by atoms with van der Waals surface area (Å²) in [4.78, 5) is 23.7. The summed E-state index contributed by atoms with van der Waals surface area (Å²) in [6.07, 6.45) is 1.95. The largest absolute Gasteiger partial charge is 0.376 e. The molecule has 23 heavy (non-hydrogen) atoms. The van der Waals surface area contributed by atoms with Crippen LogP contribution in [0.5, 0.6) is 0 Å². The number of carbonyl (C=O) groups excluding carboxylic acids is 1. The molecule has 9 nitrogen and oxygen atoms in total. The van der Waals surface area contributed by atoms with Crippen LogP contribution in [0, 0.1) is 6.92 Å². The molecule has 0 radical (unpaired) electrons. The summed E-state index contributed by atoms with van der Waals surface area (Å²) in [7, 11) is 0.